The van der Waals surface area contributed by atoms with Crippen LogP contribution in [0.15, 0.2) is 18.2 Å². The van der Waals surface area contributed by atoms with E-state index in [-0.39, 0.29) is 0 Å². The van der Waals surface area contributed by atoms with Crippen LogP contribution < -0.4 is 10.1 Å². The second kappa shape index (κ2) is 8.94. The number of hydrogen-bond acceptors (Lipinski definition) is 3. The Kier molecular flexibility index (Phi) is 7.53. The van der Waals surface area contributed by atoms with Crippen molar-refractivity contribution in [3.05, 3.63) is 29.3 Å². The lowest BCUT2D eigenvalue weighted by molar-refractivity contribution is 0.198. The zero-order chi connectivity index (χ0) is 14.1. The molecule has 0 saturated heterocycles. The maximum absolute atomic E-state index is 5.41. The molecule has 0 bridgehead atoms. The molecule has 1 aromatic rings. The van der Waals surface area contributed by atoms with E-state index in [2.05, 4.69) is 37.4 Å². The van der Waals surface area contributed by atoms with Crippen molar-refractivity contribution in [1.29, 1.82) is 0 Å². The van der Waals surface area contributed by atoms with E-state index in [9.17, 15) is 0 Å². The smallest absolute Gasteiger partial charge is 0.122 e. The fourth-order valence-corrected chi connectivity index (χ4v) is 2.13. The number of benzene rings is 1. The maximum atomic E-state index is 5.41. The summed E-state index contributed by atoms with van der Waals surface area (Å²) in [7, 11) is 3.47. The number of aryl methyl sites for hydroxylation is 2. The van der Waals surface area contributed by atoms with Crippen LogP contribution in [-0.4, -0.2) is 33.9 Å². The third-order valence-electron chi connectivity index (χ3n) is 3.32. The summed E-state index contributed by atoms with van der Waals surface area (Å²) < 4.78 is 10.4. The van der Waals surface area contributed by atoms with Gasteiger partial charge in [-0.25, -0.2) is 0 Å². The molecule has 1 atom stereocenters. The van der Waals surface area contributed by atoms with Crippen molar-refractivity contribution in [3.8, 4) is 5.75 Å². The highest BCUT2D eigenvalue weighted by atomic mass is 16.5. The molecule has 1 unspecified atom stereocenters. The Morgan fingerprint density at radius 3 is 2.74 bits per heavy atom. The van der Waals surface area contributed by atoms with Gasteiger partial charge in [0.15, 0.2) is 0 Å². The average Bonchev–Trinajstić information content (AvgIpc) is 2.41. The van der Waals surface area contributed by atoms with E-state index in [1.54, 1.807) is 14.2 Å². The van der Waals surface area contributed by atoms with E-state index < -0.39 is 0 Å². The van der Waals surface area contributed by atoms with Crippen molar-refractivity contribution < 1.29 is 9.47 Å². The van der Waals surface area contributed by atoms with E-state index in [0.717, 1.165) is 31.9 Å². The highest BCUT2D eigenvalue weighted by Gasteiger charge is 2.07. The molecule has 19 heavy (non-hydrogen) atoms. The average molecular weight is 265 g/mol. The van der Waals surface area contributed by atoms with Gasteiger partial charge in [0.2, 0.25) is 0 Å². The van der Waals surface area contributed by atoms with E-state index in [1.165, 1.54) is 17.5 Å². The van der Waals surface area contributed by atoms with Gasteiger partial charge in [0, 0.05) is 13.7 Å². The normalized spacial score (nSPS) is 12.4. The van der Waals surface area contributed by atoms with Crippen LogP contribution in [0.5, 0.6) is 5.75 Å². The van der Waals surface area contributed by atoms with Gasteiger partial charge < -0.3 is 14.8 Å². The second-order valence-corrected chi connectivity index (χ2v) is 5.16. The van der Waals surface area contributed by atoms with E-state index in [4.69, 9.17) is 9.47 Å². The molecule has 0 saturated carbocycles. The fraction of sp³-hybridized carbons (Fsp3) is 0.625. The minimum Gasteiger partial charge on any atom is -0.496 e. The largest absolute Gasteiger partial charge is 0.496 e. The minimum absolute atomic E-state index is 0.655. The van der Waals surface area contributed by atoms with Gasteiger partial charge in [0.05, 0.1) is 13.7 Å². The number of hydrogen-bond donors (Lipinski definition) is 1. The molecule has 1 aromatic carbocycles. The Morgan fingerprint density at radius 1 is 1.26 bits per heavy atom. The Hall–Kier alpha value is -1.06. The second-order valence-electron chi connectivity index (χ2n) is 5.16. The molecule has 0 fully saturated rings. The summed E-state index contributed by atoms with van der Waals surface area (Å²) in [6.45, 7) is 7.14. The molecule has 3 nitrogen and oxygen atoms in total. The molecule has 0 heterocycles. The first kappa shape index (κ1) is 16.0. The summed E-state index contributed by atoms with van der Waals surface area (Å²) in [5.41, 5.74) is 2.60. The molecule has 1 rings (SSSR count). The topological polar surface area (TPSA) is 30.5 Å². The Labute approximate surface area is 117 Å². The first-order valence-corrected chi connectivity index (χ1v) is 7.00. The number of nitrogens with one attached hydrogen (secondary N) is 1. The lowest BCUT2D eigenvalue weighted by atomic mass is 9.99. The van der Waals surface area contributed by atoms with Crippen molar-refractivity contribution in [2.24, 2.45) is 5.92 Å². The van der Waals surface area contributed by atoms with Crippen LogP contribution in [0.4, 0.5) is 0 Å². The molecule has 0 amide bonds. The van der Waals surface area contributed by atoms with Crippen molar-refractivity contribution >= 4 is 0 Å². The molecule has 0 aliphatic rings. The summed E-state index contributed by atoms with van der Waals surface area (Å²) in [5, 5.41) is 3.41. The van der Waals surface area contributed by atoms with Crippen LogP contribution in [0.1, 0.15) is 24.5 Å². The molecule has 3 heteroatoms. The van der Waals surface area contributed by atoms with Gasteiger partial charge in [0.25, 0.3) is 0 Å². The molecule has 0 radical (unpaired) electrons. The van der Waals surface area contributed by atoms with Gasteiger partial charge >= 0.3 is 0 Å². The van der Waals surface area contributed by atoms with Gasteiger partial charge in [-0.1, -0.05) is 24.6 Å². The van der Waals surface area contributed by atoms with E-state index in [1.807, 2.05) is 0 Å². The zero-order valence-corrected chi connectivity index (χ0v) is 12.7. The number of rotatable bonds is 9. The summed E-state index contributed by atoms with van der Waals surface area (Å²) in [6.07, 6.45) is 2.23. The molecule has 0 aromatic heterocycles. The van der Waals surface area contributed by atoms with Crippen LogP contribution in [0.25, 0.3) is 0 Å². The molecule has 1 N–H and O–H groups in total. The lowest BCUT2D eigenvalue weighted by Crippen LogP contribution is -2.25. The van der Waals surface area contributed by atoms with Crippen molar-refractivity contribution in [2.45, 2.75) is 26.7 Å². The summed E-state index contributed by atoms with van der Waals surface area (Å²) in [4.78, 5) is 0. The predicted molar refractivity (Wildman–Crippen MR) is 80.0 cm³/mol. The SMILES string of the molecule is COCCNCC(C)CCc1cc(C)ccc1OC. The van der Waals surface area contributed by atoms with Crippen LogP contribution in [0.2, 0.25) is 0 Å². The molecular weight excluding hydrogens is 238 g/mol. The maximum Gasteiger partial charge on any atom is 0.122 e. The van der Waals surface area contributed by atoms with Gasteiger partial charge in [-0.05, 0) is 43.9 Å². The van der Waals surface area contributed by atoms with Gasteiger partial charge in [-0.3, -0.25) is 0 Å². The highest BCUT2D eigenvalue weighted by Crippen LogP contribution is 2.22. The van der Waals surface area contributed by atoms with Crippen LogP contribution in [-0.2, 0) is 11.2 Å². The van der Waals surface area contributed by atoms with Gasteiger partial charge in [0.1, 0.15) is 5.75 Å². The highest BCUT2D eigenvalue weighted by molar-refractivity contribution is 5.36. The molecule has 0 aliphatic carbocycles. The number of methoxy groups -OCH3 is 2. The van der Waals surface area contributed by atoms with Crippen LogP contribution in [0, 0.1) is 12.8 Å². The zero-order valence-electron chi connectivity index (χ0n) is 12.7. The van der Waals surface area contributed by atoms with Crippen LogP contribution in [0.3, 0.4) is 0 Å². The monoisotopic (exact) mass is 265 g/mol. The molecule has 0 aliphatic heterocycles. The Morgan fingerprint density at radius 2 is 2.05 bits per heavy atom. The Balaban J connectivity index is 2.36. The number of ether oxygens (including phenoxy) is 2. The van der Waals surface area contributed by atoms with Crippen molar-refractivity contribution in [1.82, 2.24) is 5.32 Å². The van der Waals surface area contributed by atoms with Gasteiger partial charge in [-0.2, -0.15) is 0 Å². The molecule has 0 spiro atoms. The summed E-state index contributed by atoms with van der Waals surface area (Å²) >= 11 is 0. The van der Waals surface area contributed by atoms with Crippen LogP contribution >= 0.6 is 0 Å². The van der Waals surface area contributed by atoms with E-state index in [0.29, 0.717) is 5.92 Å². The molecular formula is C16H27NO2. The Bertz CT molecular complexity index is 366. The minimum atomic E-state index is 0.655. The summed E-state index contributed by atoms with van der Waals surface area (Å²) in [6, 6.07) is 6.38. The standard InChI is InChI=1S/C16H27NO2/c1-13-6-8-16(19-4)15(11-13)7-5-14(2)12-17-9-10-18-3/h6,8,11,14,17H,5,7,9-10,12H2,1-4H3. The third kappa shape index (κ3) is 6.08. The summed E-state index contributed by atoms with van der Waals surface area (Å²) in [5.74, 6) is 1.66. The third-order valence-corrected chi connectivity index (χ3v) is 3.32. The first-order valence-electron chi connectivity index (χ1n) is 7.00. The van der Waals surface area contributed by atoms with E-state index >= 15 is 0 Å². The first-order chi connectivity index (χ1) is 9.17. The lowest BCUT2D eigenvalue weighted by Gasteiger charge is -2.14. The molecule has 108 valence electrons. The van der Waals surface area contributed by atoms with Crippen molar-refractivity contribution in [2.75, 3.05) is 33.9 Å². The fourth-order valence-electron chi connectivity index (χ4n) is 2.13. The van der Waals surface area contributed by atoms with Crippen molar-refractivity contribution in [3.63, 3.8) is 0 Å². The quantitative estimate of drug-likeness (QED) is 0.696. The predicted octanol–water partition coefficient (Wildman–Crippen LogP) is 2.81. The van der Waals surface area contributed by atoms with Gasteiger partial charge in [-0.15, -0.1) is 0 Å².